The van der Waals surface area contributed by atoms with Gasteiger partial charge in [-0.15, -0.1) is 0 Å². The standard InChI is InChI=1S/C8H16O3S/c1-7-3-5-8(6-4-7)11-12(2,9)10/h7-8H,3-6H2,1-2H3. The average Bonchev–Trinajstić information content (AvgIpc) is 1.91. The molecule has 0 radical (unpaired) electrons. The fraction of sp³-hybridized carbons (Fsp3) is 1.00. The van der Waals surface area contributed by atoms with E-state index in [0.29, 0.717) is 0 Å². The zero-order valence-corrected chi connectivity index (χ0v) is 8.43. The highest BCUT2D eigenvalue weighted by molar-refractivity contribution is 7.86. The van der Waals surface area contributed by atoms with Crippen LogP contribution in [0.4, 0.5) is 0 Å². The van der Waals surface area contributed by atoms with Crippen molar-refractivity contribution in [1.29, 1.82) is 0 Å². The molecule has 72 valence electrons. The highest BCUT2D eigenvalue weighted by Gasteiger charge is 2.21. The number of hydrogen-bond acceptors (Lipinski definition) is 3. The van der Waals surface area contributed by atoms with Crippen LogP contribution in [-0.2, 0) is 14.3 Å². The van der Waals surface area contributed by atoms with Crippen molar-refractivity contribution in [2.45, 2.75) is 38.7 Å². The van der Waals surface area contributed by atoms with Gasteiger partial charge in [-0.3, -0.25) is 4.18 Å². The summed E-state index contributed by atoms with van der Waals surface area (Å²) in [5.41, 5.74) is 0. The van der Waals surface area contributed by atoms with E-state index in [2.05, 4.69) is 6.92 Å². The summed E-state index contributed by atoms with van der Waals surface area (Å²) in [4.78, 5) is 0. The molecule has 1 saturated carbocycles. The third-order valence-electron chi connectivity index (χ3n) is 2.27. The molecule has 12 heavy (non-hydrogen) atoms. The van der Waals surface area contributed by atoms with Crippen LogP contribution < -0.4 is 0 Å². The van der Waals surface area contributed by atoms with Crippen molar-refractivity contribution in [3.63, 3.8) is 0 Å². The van der Waals surface area contributed by atoms with E-state index in [0.717, 1.165) is 37.9 Å². The van der Waals surface area contributed by atoms with Gasteiger partial charge >= 0.3 is 0 Å². The van der Waals surface area contributed by atoms with Gasteiger partial charge in [-0.05, 0) is 31.6 Å². The van der Waals surface area contributed by atoms with Gasteiger partial charge in [0, 0.05) is 0 Å². The monoisotopic (exact) mass is 192 g/mol. The van der Waals surface area contributed by atoms with Crippen LogP contribution in [0.3, 0.4) is 0 Å². The van der Waals surface area contributed by atoms with Crippen LogP contribution in [0.1, 0.15) is 32.6 Å². The van der Waals surface area contributed by atoms with Gasteiger partial charge in [0.2, 0.25) is 0 Å². The quantitative estimate of drug-likeness (QED) is 0.623. The largest absolute Gasteiger partial charge is 0.267 e. The minimum Gasteiger partial charge on any atom is -0.267 e. The fourth-order valence-corrected chi connectivity index (χ4v) is 2.26. The summed E-state index contributed by atoms with van der Waals surface area (Å²) in [7, 11) is -3.24. The zero-order valence-electron chi connectivity index (χ0n) is 7.62. The molecule has 3 nitrogen and oxygen atoms in total. The Morgan fingerprint density at radius 3 is 2.08 bits per heavy atom. The Morgan fingerprint density at radius 2 is 1.67 bits per heavy atom. The SMILES string of the molecule is CC1CCC(OS(C)(=O)=O)CC1. The summed E-state index contributed by atoms with van der Waals surface area (Å²) in [6, 6.07) is 0. The summed E-state index contributed by atoms with van der Waals surface area (Å²) in [5, 5.41) is 0. The van der Waals surface area contributed by atoms with Gasteiger partial charge in [-0.25, -0.2) is 0 Å². The molecule has 0 aromatic carbocycles. The second kappa shape index (κ2) is 3.75. The average molecular weight is 192 g/mol. The lowest BCUT2D eigenvalue weighted by Crippen LogP contribution is -2.23. The lowest BCUT2D eigenvalue weighted by atomic mass is 9.89. The molecule has 1 rings (SSSR count). The maximum atomic E-state index is 10.8. The van der Waals surface area contributed by atoms with Crippen molar-refractivity contribution in [3.05, 3.63) is 0 Å². The summed E-state index contributed by atoms with van der Waals surface area (Å²) >= 11 is 0. The van der Waals surface area contributed by atoms with E-state index in [1.54, 1.807) is 0 Å². The van der Waals surface area contributed by atoms with Gasteiger partial charge in [-0.2, -0.15) is 8.42 Å². The molecule has 0 aromatic heterocycles. The summed E-state index contributed by atoms with van der Waals surface area (Å²) < 4.78 is 26.4. The Labute approximate surface area is 74.2 Å². The van der Waals surface area contributed by atoms with E-state index < -0.39 is 10.1 Å². The van der Waals surface area contributed by atoms with Crippen molar-refractivity contribution >= 4 is 10.1 Å². The van der Waals surface area contributed by atoms with Crippen LogP contribution in [0.5, 0.6) is 0 Å². The third-order valence-corrected chi connectivity index (χ3v) is 2.90. The first kappa shape index (κ1) is 9.99. The molecule has 0 saturated heterocycles. The lowest BCUT2D eigenvalue weighted by molar-refractivity contribution is 0.143. The molecule has 0 heterocycles. The Bertz CT molecular complexity index is 225. The minimum absolute atomic E-state index is 0.0591. The van der Waals surface area contributed by atoms with E-state index in [4.69, 9.17) is 4.18 Å². The first-order chi connectivity index (χ1) is 5.47. The van der Waals surface area contributed by atoms with Crippen LogP contribution in [0.2, 0.25) is 0 Å². The van der Waals surface area contributed by atoms with Gasteiger partial charge in [-0.1, -0.05) is 6.92 Å². The molecule has 0 atom stereocenters. The zero-order chi connectivity index (χ0) is 9.19. The fourth-order valence-electron chi connectivity index (χ4n) is 1.57. The molecule has 0 N–H and O–H groups in total. The van der Waals surface area contributed by atoms with Crippen molar-refractivity contribution in [3.8, 4) is 0 Å². The molecular weight excluding hydrogens is 176 g/mol. The summed E-state index contributed by atoms with van der Waals surface area (Å²) in [6.07, 6.45) is 4.99. The van der Waals surface area contributed by atoms with Gasteiger partial charge in [0.15, 0.2) is 0 Å². The van der Waals surface area contributed by atoms with Gasteiger partial charge < -0.3 is 0 Å². The van der Waals surface area contributed by atoms with Gasteiger partial charge in [0.05, 0.1) is 12.4 Å². The number of hydrogen-bond donors (Lipinski definition) is 0. The van der Waals surface area contributed by atoms with Gasteiger partial charge in [0.25, 0.3) is 10.1 Å². The molecule has 0 bridgehead atoms. The lowest BCUT2D eigenvalue weighted by Gasteiger charge is -2.24. The Kier molecular flexibility index (Phi) is 3.12. The highest BCUT2D eigenvalue weighted by atomic mass is 32.2. The maximum absolute atomic E-state index is 10.8. The Hall–Kier alpha value is -0.0900. The first-order valence-corrected chi connectivity index (χ1v) is 6.17. The van der Waals surface area contributed by atoms with E-state index in [-0.39, 0.29) is 6.10 Å². The van der Waals surface area contributed by atoms with E-state index in [1.807, 2.05) is 0 Å². The summed E-state index contributed by atoms with van der Waals surface area (Å²) in [6.45, 7) is 2.19. The molecule has 0 aliphatic heterocycles. The molecule has 1 aliphatic carbocycles. The highest BCUT2D eigenvalue weighted by Crippen LogP contribution is 2.26. The predicted molar refractivity (Wildman–Crippen MR) is 47.3 cm³/mol. The van der Waals surface area contributed by atoms with E-state index >= 15 is 0 Å². The molecular formula is C8H16O3S. The Balaban J connectivity index is 2.36. The first-order valence-electron chi connectivity index (χ1n) is 4.35. The topological polar surface area (TPSA) is 43.4 Å². The van der Waals surface area contributed by atoms with Crippen molar-refractivity contribution in [2.75, 3.05) is 6.26 Å². The maximum Gasteiger partial charge on any atom is 0.264 e. The van der Waals surface area contributed by atoms with Crippen LogP contribution in [-0.4, -0.2) is 20.8 Å². The van der Waals surface area contributed by atoms with Crippen LogP contribution in [0, 0.1) is 5.92 Å². The summed E-state index contributed by atoms with van der Waals surface area (Å²) in [5.74, 6) is 0.726. The third kappa shape index (κ3) is 3.54. The minimum atomic E-state index is -3.24. The molecule has 1 aliphatic rings. The van der Waals surface area contributed by atoms with E-state index in [9.17, 15) is 8.42 Å². The molecule has 0 unspecified atom stereocenters. The van der Waals surface area contributed by atoms with Crippen molar-refractivity contribution in [2.24, 2.45) is 5.92 Å². The molecule has 0 spiro atoms. The van der Waals surface area contributed by atoms with Crippen LogP contribution >= 0.6 is 0 Å². The Morgan fingerprint density at radius 1 is 1.17 bits per heavy atom. The van der Waals surface area contributed by atoms with Crippen molar-refractivity contribution < 1.29 is 12.6 Å². The molecule has 0 amide bonds. The predicted octanol–water partition coefficient (Wildman–Crippen LogP) is 1.54. The molecule has 4 heteroatoms. The van der Waals surface area contributed by atoms with Crippen LogP contribution in [0.15, 0.2) is 0 Å². The van der Waals surface area contributed by atoms with Gasteiger partial charge in [0.1, 0.15) is 0 Å². The van der Waals surface area contributed by atoms with Crippen LogP contribution in [0.25, 0.3) is 0 Å². The smallest absolute Gasteiger partial charge is 0.264 e. The normalized spacial score (nSPS) is 31.8. The molecule has 0 aromatic rings. The van der Waals surface area contributed by atoms with Crippen molar-refractivity contribution in [1.82, 2.24) is 0 Å². The van der Waals surface area contributed by atoms with E-state index in [1.165, 1.54) is 0 Å². The second-order valence-corrected chi connectivity index (χ2v) is 5.28. The second-order valence-electron chi connectivity index (χ2n) is 3.68. The number of rotatable bonds is 2. The molecule has 1 fully saturated rings.